The molecule has 2 spiro atoms. The molecule has 0 aromatic carbocycles. The summed E-state index contributed by atoms with van der Waals surface area (Å²) in [5.74, 6) is 6.05. The summed E-state index contributed by atoms with van der Waals surface area (Å²) in [6.45, 7) is 0. The summed E-state index contributed by atoms with van der Waals surface area (Å²) in [6, 6.07) is 0. The van der Waals surface area contributed by atoms with E-state index >= 15 is 0 Å². The first-order valence-electron chi connectivity index (χ1n) is 7.80. The Labute approximate surface area is 106 Å². The van der Waals surface area contributed by atoms with Gasteiger partial charge in [0.1, 0.15) is 0 Å². The van der Waals surface area contributed by atoms with Gasteiger partial charge in [-0.3, -0.25) is 0 Å². The van der Waals surface area contributed by atoms with Gasteiger partial charge in [-0.1, -0.05) is 12.2 Å². The molecule has 8 aliphatic carbocycles. The molecule has 0 aliphatic heterocycles. The maximum Gasteiger partial charge on any atom is 0.0614 e. The first kappa shape index (κ1) is 8.76. The third-order valence-corrected chi connectivity index (χ3v) is 9.15. The number of allylic oxidation sites excluding steroid dienone is 2. The van der Waals surface area contributed by atoms with Crippen molar-refractivity contribution in [3.05, 3.63) is 12.2 Å². The van der Waals surface area contributed by atoms with E-state index in [-0.39, 0.29) is 23.0 Å². The SMILES string of the molecule is O[C@@H]1C[C@H]2[C@@H]3C[C@H](O)[C@@]45[C@@H]3C3C6[C@@H]4C=C[C@@H]6[C@]15[C@@H]32. The fraction of sp³-hybridized carbons (Fsp3) is 0.875. The van der Waals surface area contributed by atoms with Gasteiger partial charge in [-0.05, 0) is 60.2 Å². The number of rotatable bonds is 0. The quantitative estimate of drug-likeness (QED) is 0.623. The monoisotopic (exact) mass is 242 g/mol. The first-order chi connectivity index (χ1) is 8.75. The lowest BCUT2D eigenvalue weighted by atomic mass is 9.52. The van der Waals surface area contributed by atoms with Crippen LogP contribution >= 0.6 is 0 Å². The lowest BCUT2D eigenvalue weighted by Crippen LogP contribution is -2.56. The van der Waals surface area contributed by atoms with Gasteiger partial charge in [0.15, 0.2) is 0 Å². The second kappa shape index (κ2) is 1.96. The minimum atomic E-state index is -0.107. The van der Waals surface area contributed by atoms with Crippen LogP contribution in [0.5, 0.6) is 0 Å². The number of aliphatic hydroxyl groups is 2. The zero-order chi connectivity index (χ0) is 11.6. The summed E-state index contributed by atoms with van der Waals surface area (Å²) >= 11 is 0. The Hall–Kier alpha value is -0.340. The van der Waals surface area contributed by atoms with Crippen molar-refractivity contribution in [2.75, 3.05) is 0 Å². The van der Waals surface area contributed by atoms with E-state index in [9.17, 15) is 10.2 Å². The van der Waals surface area contributed by atoms with E-state index in [0.29, 0.717) is 11.8 Å². The maximum absolute atomic E-state index is 10.9. The molecule has 0 radical (unpaired) electrons. The van der Waals surface area contributed by atoms with Crippen LogP contribution in [0.15, 0.2) is 12.2 Å². The lowest BCUT2D eigenvalue weighted by molar-refractivity contribution is -0.128. The topological polar surface area (TPSA) is 40.5 Å². The van der Waals surface area contributed by atoms with Crippen molar-refractivity contribution in [1.29, 1.82) is 0 Å². The third kappa shape index (κ3) is 0.419. The summed E-state index contributed by atoms with van der Waals surface area (Å²) in [4.78, 5) is 0. The Bertz CT molecular complexity index is 509. The molecule has 2 unspecified atom stereocenters. The van der Waals surface area contributed by atoms with E-state index in [0.717, 1.165) is 48.3 Å². The Balaban J connectivity index is 1.71. The lowest BCUT2D eigenvalue weighted by Gasteiger charge is -2.53. The Morgan fingerprint density at radius 3 is 1.78 bits per heavy atom. The van der Waals surface area contributed by atoms with Gasteiger partial charge in [0, 0.05) is 10.8 Å². The molecule has 0 amide bonds. The highest BCUT2D eigenvalue weighted by Gasteiger charge is 2.98. The average molecular weight is 242 g/mol. The molecule has 0 heterocycles. The van der Waals surface area contributed by atoms with E-state index in [1.54, 1.807) is 0 Å². The van der Waals surface area contributed by atoms with E-state index in [2.05, 4.69) is 12.2 Å². The largest absolute Gasteiger partial charge is 0.392 e. The summed E-state index contributed by atoms with van der Waals surface area (Å²) in [5, 5.41) is 21.8. The van der Waals surface area contributed by atoms with Crippen molar-refractivity contribution >= 4 is 0 Å². The van der Waals surface area contributed by atoms with Crippen LogP contribution in [-0.2, 0) is 0 Å². The predicted octanol–water partition coefficient (Wildman–Crippen LogP) is 1.04. The maximum atomic E-state index is 10.9. The minimum Gasteiger partial charge on any atom is -0.392 e. The predicted molar refractivity (Wildman–Crippen MR) is 63.2 cm³/mol. The van der Waals surface area contributed by atoms with Crippen molar-refractivity contribution in [3.8, 4) is 0 Å². The molecular formula is C16H18O2. The second-order valence-electron chi connectivity index (χ2n) is 8.34. The van der Waals surface area contributed by atoms with Gasteiger partial charge in [-0.15, -0.1) is 0 Å². The van der Waals surface area contributed by atoms with Gasteiger partial charge in [-0.2, -0.15) is 0 Å². The van der Waals surface area contributed by atoms with Crippen LogP contribution < -0.4 is 0 Å². The molecule has 18 heavy (non-hydrogen) atoms. The molecule has 8 bridgehead atoms. The summed E-state index contributed by atoms with van der Waals surface area (Å²) < 4.78 is 0. The molecule has 7 fully saturated rings. The first-order valence-corrected chi connectivity index (χ1v) is 7.80. The summed E-state index contributed by atoms with van der Waals surface area (Å²) in [6.07, 6.45) is 6.76. The molecule has 8 rings (SSSR count). The molecular weight excluding hydrogens is 224 g/mol. The van der Waals surface area contributed by atoms with Crippen molar-refractivity contribution in [1.82, 2.24) is 0 Å². The van der Waals surface area contributed by atoms with Crippen LogP contribution in [0.2, 0.25) is 0 Å². The molecule has 94 valence electrons. The standard InChI is InChI=1S/C16H18O2/c17-9-3-5-6-4-10(18)16-8-2-1-7-11(8)12(14(6)16)13(5)15(7,9)16/h1-2,5-14,17-18H,3-4H2/t5-,6-,7-,8-,9-,10+,11?,12?,13-,14+,15+,16+/m0/s1. The molecule has 2 heteroatoms. The van der Waals surface area contributed by atoms with E-state index in [1.807, 2.05) is 0 Å². The van der Waals surface area contributed by atoms with Gasteiger partial charge in [0.2, 0.25) is 0 Å². The van der Waals surface area contributed by atoms with Crippen LogP contribution in [0.1, 0.15) is 12.8 Å². The van der Waals surface area contributed by atoms with Gasteiger partial charge in [0.25, 0.3) is 0 Å². The minimum absolute atomic E-state index is 0.107. The van der Waals surface area contributed by atoms with E-state index in [4.69, 9.17) is 0 Å². The van der Waals surface area contributed by atoms with Crippen molar-refractivity contribution in [2.45, 2.75) is 25.0 Å². The molecule has 0 aromatic heterocycles. The highest BCUT2D eigenvalue weighted by atomic mass is 16.3. The van der Waals surface area contributed by atoms with Crippen LogP contribution in [0.4, 0.5) is 0 Å². The number of hydrogen-bond acceptors (Lipinski definition) is 2. The fourth-order valence-corrected chi connectivity index (χ4v) is 9.92. The van der Waals surface area contributed by atoms with Crippen molar-refractivity contribution < 1.29 is 10.2 Å². The number of hydrogen-bond donors (Lipinski definition) is 2. The molecule has 2 N–H and O–H groups in total. The Morgan fingerprint density at radius 2 is 1.28 bits per heavy atom. The van der Waals surface area contributed by atoms with Crippen molar-refractivity contribution in [2.24, 2.45) is 58.2 Å². The molecule has 7 saturated carbocycles. The van der Waals surface area contributed by atoms with Gasteiger partial charge < -0.3 is 10.2 Å². The van der Waals surface area contributed by atoms with Crippen LogP contribution in [0.3, 0.4) is 0 Å². The Morgan fingerprint density at radius 1 is 0.778 bits per heavy atom. The molecule has 0 aromatic rings. The zero-order valence-corrected chi connectivity index (χ0v) is 10.2. The molecule has 2 nitrogen and oxygen atoms in total. The van der Waals surface area contributed by atoms with Gasteiger partial charge in [0.05, 0.1) is 12.2 Å². The van der Waals surface area contributed by atoms with Crippen LogP contribution in [0, 0.1) is 58.2 Å². The van der Waals surface area contributed by atoms with Gasteiger partial charge >= 0.3 is 0 Å². The number of aliphatic hydroxyl groups excluding tert-OH is 2. The smallest absolute Gasteiger partial charge is 0.0614 e. The third-order valence-electron chi connectivity index (χ3n) is 9.15. The number of fused-ring (bicyclic) bond motifs is 1. The normalized spacial score (nSPS) is 86.1. The van der Waals surface area contributed by atoms with E-state index < -0.39 is 0 Å². The summed E-state index contributed by atoms with van der Waals surface area (Å²) in [7, 11) is 0. The molecule has 12 atom stereocenters. The second-order valence-corrected chi connectivity index (χ2v) is 8.34. The molecule has 0 saturated heterocycles. The van der Waals surface area contributed by atoms with E-state index in [1.165, 1.54) is 0 Å². The van der Waals surface area contributed by atoms with Gasteiger partial charge in [-0.25, -0.2) is 0 Å². The zero-order valence-electron chi connectivity index (χ0n) is 10.2. The highest BCUT2D eigenvalue weighted by Crippen LogP contribution is 2.99. The van der Waals surface area contributed by atoms with Crippen molar-refractivity contribution in [3.63, 3.8) is 0 Å². The highest BCUT2D eigenvalue weighted by molar-refractivity contribution is 5.50. The summed E-state index contributed by atoms with van der Waals surface area (Å²) in [5.41, 5.74) is 0.257. The molecule has 8 aliphatic rings. The average Bonchev–Trinajstić information content (AvgIpc) is 3.06. The fourth-order valence-electron chi connectivity index (χ4n) is 9.92. The Kier molecular flexibility index (Phi) is 0.953. The van der Waals surface area contributed by atoms with Crippen LogP contribution in [0.25, 0.3) is 0 Å². The van der Waals surface area contributed by atoms with Crippen LogP contribution in [-0.4, -0.2) is 22.4 Å².